The Balaban J connectivity index is 1.71. The second-order valence-electron chi connectivity index (χ2n) is 8.13. The third kappa shape index (κ3) is 6.73. The van der Waals surface area contributed by atoms with Gasteiger partial charge in [0.15, 0.2) is 17.2 Å². The van der Waals surface area contributed by atoms with E-state index < -0.39 is 40.6 Å². The number of aromatic hydroxyl groups is 3. The number of phenols is 3. The van der Waals surface area contributed by atoms with Crippen molar-refractivity contribution in [3.63, 3.8) is 0 Å². The van der Waals surface area contributed by atoms with Crippen molar-refractivity contribution in [1.29, 1.82) is 0 Å². The van der Waals surface area contributed by atoms with Gasteiger partial charge < -0.3 is 29.5 Å². The lowest BCUT2D eigenvalue weighted by Crippen LogP contribution is -2.37. The van der Waals surface area contributed by atoms with Crippen molar-refractivity contribution in [2.75, 3.05) is 19.8 Å². The number of carbonyl (C=O) groups excluding carboxylic acids is 3. The zero-order valence-corrected chi connectivity index (χ0v) is 18.8. The van der Waals surface area contributed by atoms with E-state index in [2.05, 4.69) is 0 Å². The normalized spacial score (nSPS) is 10.9. The molecule has 9 heteroatoms. The summed E-state index contributed by atoms with van der Waals surface area (Å²) in [5.74, 6) is -4.31. The maximum Gasteiger partial charge on any atom is 0.338 e. The number of esters is 3. The molecule has 0 saturated carbocycles. The zero-order valence-electron chi connectivity index (χ0n) is 18.8. The van der Waals surface area contributed by atoms with E-state index in [0.29, 0.717) is 11.1 Å². The van der Waals surface area contributed by atoms with Gasteiger partial charge in [-0.15, -0.1) is 0 Å². The molecule has 0 fully saturated rings. The molecule has 0 aromatic heterocycles. The quantitative estimate of drug-likeness (QED) is 0.238. The van der Waals surface area contributed by atoms with Crippen LogP contribution in [0.1, 0.15) is 38.0 Å². The highest BCUT2D eigenvalue weighted by atomic mass is 16.6. The molecule has 3 rings (SSSR count). The van der Waals surface area contributed by atoms with Gasteiger partial charge in [-0.3, -0.25) is 0 Å². The number of hydrogen-bond donors (Lipinski definition) is 3. The monoisotopic (exact) mass is 480 g/mol. The first-order valence-corrected chi connectivity index (χ1v) is 10.5. The number of rotatable bonds is 9. The highest BCUT2D eigenvalue weighted by molar-refractivity contribution is 5.91. The highest BCUT2D eigenvalue weighted by Crippen LogP contribution is 2.35. The number of ether oxygens (including phenoxy) is 3. The summed E-state index contributed by atoms with van der Waals surface area (Å²) in [5, 5.41) is 28.7. The Morgan fingerprint density at radius 3 is 1.34 bits per heavy atom. The highest BCUT2D eigenvalue weighted by Gasteiger charge is 2.32. The topological polar surface area (TPSA) is 140 Å². The predicted molar refractivity (Wildman–Crippen MR) is 123 cm³/mol. The van der Waals surface area contributed by atoms with Gasteiger partial charge in [0.05, 0.1) is 22.1 Å². The molecule has 0 amide bonds. The average molecular weight is 480 g/mol. The second-order valence-corrected chi connectivity index (χ2v) is 8.13. The minimum Gasteiger partial charge on any atom is -0.504 e. The molecule has 0 bridgehead atoms. The Morgan fingerprint density at radius 1 is 0.629 bits per heavy atom. The van der Waals surface area contributed by atoms with Crippen molar-refractivity contribution in [2.45, 2.75) is 6.92 Å². The van der Waals surface area contributed by atoms with Crippen LogP contribution in [0.2, 0.25) is 0 Å². The predicted octanol–water partition coefficient (Wildman–Crippen LogP) is 3.68. The maximum absolute atomic E-state index is 12.5. The van der Waals surface area contributed by atoms with Crippen molar-refractivity contribution in [3.05, 3.63) is 89.5 Å². The van der Waals surface area contributed by atoms with Crippen LogP contribution in [0.5, 0.6) is 17.2 Å². The standard InChI is InChI=1S/C26H24O9/c1-26(14-33-23(30)17-8-4-2-5-9-17,15-34-24(31)18-10-6-3-7-11-18)16-35-25(32)19-12-20(27)22(29)21(28)13-19/h2-13,27-29H,14-16H2,1H3. The number of benzene rings is 3. The van der Waals surface area contributed by atoms with Crippen LogP contribution in [-0.4, -0.2) is 53.0 Å². The van der Waals surface area contributed by atoms with E-state index >= 15 is 0 Å². The zero-order chi connectivity index (χ0) is 25.4. The molecule has 0 atom stereocenters. The first kappa shape index (κ1) is 25.1. The summed E-state index contributed by atoms with van der Waals surface area (Å²) in [4.78, 5) is 37.3. The van der Waals surface area contributed by atoms with Crippen LogP contribution in [0, 0.1) is 5.41 Å². The van der Waals surface area contributed by atoms with Gasteiger partial charge in [0.25, 0.3) is 0 Å². The van der Waals surface area contributed by atoms with Gasteiger partial charge in [-0.1, -0.05) is 36.4 Å². The van der Waals surface area contributed by atoms with E-state index in [1.807, 2.05) is 0 Å². The summed E-state index contributed by atoms with van der Waals surface area (Å²) in [6, 6.07) is 18.4. The van der Waals surface area contributed by atoms with E-state index in [4.69, 9.17) is 14.2 Å². The Kier molecular flexibility index (Phi) is 7.93. The van der Waals surface area contributed by atoms with E-state index in [1.165, 1.54) is 0 Å². The summed E-state index contributed by atoms with van der Waals surface area (Å²) < 4.78 is 16.1. The van der Waals surface area contributed by atoms with Crippen LogP contribution in [0.4, 0.5) is 0 Å². The summed E-state index contributed by atoms with van der Waals surface area (Å²) in [6.07, 6.45) is 0. The largest absolute Gasteiger partial charge is 0.504 e. The molecule has 182 valence electrons. The summed E-state index contributed by atoms with van der Waals surface area (Å²) in [6.45, 7) is 0.769. The molecule has 3 aromatic rings. The Bertz CT molecular complexity index is 1110. The van der Waals surface area contributed by atoms with Gasteiger partial charge in [0.2, 0.25) is 0 Å². The molecule has 35 heavy (non-hydrogen) atoms. The minimum atomic E-state index is -1.13. The summed E-state index contributed by atoms with van der Waals surface area (Å²) in [7, 11) is 0. The summed E-state index contributed by atoms with van der Waals surface area (Å²) in [5.41, 5.74) is -0.708. The van der Waals surface area contributed by atoms with Crippen LogP contribution >= 0.6 is 0 Å². The molecule has 0 aliphatic carbocycles. The molecule has 0 heterocycles. The van der Waals surface area contributed by atoms with E-state index in [0.717, 1.165) is 12.1 Å². The smallest absolute Gasteiger partial charge is 0.338 e. The van der Waals surface area contributed by atoms with Gasteiger partial charge >= 0.3 is 17.9 Å². The fourth-order valence-electron chi connectivity index (χ4n) is 2.96. The van der Waals surface area contributed by atoms with Crippen LogP contribution < -0.4 is 0 Å². The average Bonchev–Trinajstić information content (AvgIpc) is 2.88. The molecule has 0 radical (unpaired) electrons. The number of carbonyl (C=O) groups is 3. The molecular formula is C26H24O9. The third-order valence-electron chi connectivity index (χ3n) is 4.98. The first-order chi connectivity index (χ1) is 16.7. The molecule has 0 saturated heterocycles. The molecule has 9 nitrogen and oxygen atoms in total. The second kappa shape index (κ2) is 11.1. The Morgan fingerprint density at radius 2 is 0.971 bits per heavy atom. The van der Waals surface area contributed by atoms with Gasteiger partial charge in [0, 0.05) is 0 Å². The first-order valence-electron chi connectivity index (χ1n) is 10.5. The van der Waals surface area contributed by atoms with Gasteiger partial charge in [-0.2, -0.15) is 0 Å². The molecule has 0 aliphatic rings. The molecule has 0 aliphatic heterocycles. The van der Waals surface area contributed by atoms with Crippen molar-refractivity contribution in [2.24, 2.45) is 5.41 Å². The lowest BCUT2D eigenvalue weighted by Gasteiger charge is -2.28. The lowest BCUT2D eigenvalue weighted by atomic mass is 9.94. The molecule has 3 aromatic carbocycles. The van der Waals surface area contributed by atoms with Gasteiger partial charge in [-0.05, 0) is 43.3 Å². The van der Waals surface area contributed by atoms with E-state index in [-0.39, 0.29) is 25.4 Å². The van der Waals surface area contributed by atoms with Crippen LogP contribution in [0.15, 0.2) is 72.8 Å². The van der Waals surface area contributed by atoms with Crippen molar-refractivity contribution < 1.29 is 43.9 Å². The summed E-state index contributed by atoms with van der Waals surface area (Å²) >= 11 is 0. The molecule has 0 unspecified atom stereocenters. The fraction of sp³-hybridized carbons (Fsp3) is 0.192. The van der Waals surface area contributed by atoms with E-state index in [9.17, 15) is 29.7 Å². The molecule has 0 spiro atoms. The van der Waals surface area contributed by atoms with Gasteiger partial charge in [-0.25, -0.2) is 14.4 Å². The number of phenolic OH excluding ortho intramolecular Hbond substituents is 3. The maximum atomic E-state index is 12.5. The molecule has 3 N–H and O–H groups in total. The molecular weight excluding hydrogens is 456 g/mol. The Hall–Kier alpha value is -4.53. The van der Waals surface area contributed by atoms with Gasteiger partial charge in [0.1, 0.15) is 19.8 Å². The van der Waals surface area contributed by atoms with E-state index in [1.54, 1.807) is 67.6 Å². The van der Waals surface area contributed by atoms with Crippen LogP contribution in [0.25, 0.3) is 0 Å². The Labute approximate surface area is 201 Å². The van der Waals surface area contributed by atoms with Crippen molar-refractivity contribution in [3.8, 4) is 17.2 Å². The van der Waals surface area contributed by atoms with Crippen LogP contribution in [-0.2, 0) is 14.2 Å². The van der Waals surface area contributed by atoms with Crippen LogP contribution in [0.3, 0.4) is 0 Å². The fourth-order valence-corrected chi connectivity index (χ4v) is 2.96. The minimum absolute atomic E-state index is 0.220. The van der Waals surface area contributed by atoms with Crippen molar-refractivity contribution in [1.82, 2.24) is 0 Å². The third-order valence-corrected chi connectivity index (χ3v) is 4.98. The van der Waals surface area contributed by atoms with Crippen molar-refractivity contribution >= 4 is 17.9 Å². The lowest BCUT2D eigenvalue weighted by molar-refractivity contribution is -0.0288. The number of hydrogen-bond acceptors (Lipinski definition) is 9. The SMILES string of the molecule is CC(COC(=O)c1ccccc1)(COC(=O)c1ccccc1)COC(=O)c1cc(O)c(O)c(O)c1.